The highest BCUT2D eigenvalue weighted by atomic mass is 14.6. The van der Waals surface area contributed by atoms with Gasteiger partial charge in [0.05, 0.1) is 0 Å². The molecule has 1 saturated carbocycles. The first-order chi connectivity index (χ1) is 8.88. The monoisotopic (exact) mass is 238 g/mol. The lowest BCUT2D eigenvalue weighted by atomic mass is 9.77. The summed E-state index contributed by atoms with van der Waals surface area (Å²) in [5, 5.41) is 0. The molecule has 0 unspecified atom stereocenters. The summed E-state index contributed by atoms with van der Waals surface area (Å²) in [5.74, 6) is 0.739. The minimum atomic E-state index is 0.548. The van der Waals surface area contributed by atoms with Gasteiger partial charge in [0.2, 0.25) is 0 Å². The molecule has 18 heavy (non-hydrogen) atoms. The molecule has 0 saturated heterocycles. The van der Waals surface area contributed by atoms with E-state index in [4.69, 9.17) is 5.73 Å². The summed E-state index contributed by atoms with van der Waals surface area (Å²) in [6, 6.07) is 10.9. The van der Waals surface area contributed by atoms with Crippen molar-refractivity contribution in [3.63, 3.8) is 0 Å². The Balaban J connectivity index is 2.04. The summed E-state index contributed by atoms with van der Waals surface area (Å²) in [4.78, 5) is 4.30. The highest BCUT2D eigenvalue weighted by molar-refractivity contribution is 5.68. The second kappa shape index (κ2) is 4.91. The maximum absolute atomic E-state index is 5.69. The molecule has 0 amide bonds. The maximum atomic E-state index is 5.69. The van der Waals surface area contributed by atoms with Gasteiger partial charge in [0.15, 0.2) is 0 Å². The van der Waals surface area contributed by atoms with Crippen LogP contribution in [0.5, 0.6) is 0 Å². The quantitative estimate of drug-likeness (QED) is 0.889. The van der Waals surface area contributed by atoms with Crippen molar-refractivity contribution >= 4 is 0 Å². The highest BCUT2D eigenvalue weighted by Gasteiger charge is 2.22. The lowest BCUT2D eigenvalue weighted by Gasteiger charge is -2.28. The molecular formula is C16H18N2. The summed E-state index contributed by atoms with van der Waals surface area (Å²) in [7, 11) is 0. The Morgan fingerprint density at radius 2 is 2.00 bits per heavy atom. The smallest absolute Gasteiger partial charge is 0.0346 e. The highest BCUT2D eigenvalue weighted by Crippen LogP contribution is 2.40. The normalized spacial score (nSPS) is 15.4. The molecule has 0 bridgehead atoms. The van der Waals surface area contributed by atoms with Crippen LogP contribution < -0.4 is 5.73 Å². The van der Waals surface area contributed by atoms with Crippen LogP contribution in [-0.4, -0.2) is 4.98 Å². The van der Waals surface area contributed by atoms with E-state index in [9.17, 15) is 0 Å². The van der Waals surface area contributed by atoms with E-state index in [2.05, 4.69) is 35.3 Å². The van der Waals surface area contributed by atoms with Crippen LogP contribution in [0.25, 0.3) is 11.1 Å². The number of pyridine rings is 1. The number of nitrogens with two attached hydrogens (primary N) is 1. The molecule has 3 rings (SSSR count). The number of nitrogens with zero attached hydrogens (tertiary/aromatic N) is 1. The van der Waals surface area contributed by atoms with Crippen molar-refractivity contribution < 1.29 is 0 Å². The van der Waals surface area contributed by atoms with Gasteiger partial charge in [-0.15, -0.1) is 0 Å². The van der Waals surface area contributed by atoms with Gasteiger partial charge >= 0.3 is 0 Å². The van der Waals surface area contributed by atoms with Crippen molar-refractivity contribution in [1.29, 1.82) is 0 Å². The number of benzene rings is 1. The van der Waals surface area contributed by atoms with Crippen LogP contribution >= 0.6 is 0 Å². The minimum Gasteiger partial charge on any atom is -0.326 e. The lowest BCUT2D eigenvalue weighted by Crippen LogP contribution is -2.10. The predicted molar refractivity (Wildman–Crippen MR) is 74.2 cm³/mol. The van der Waals surface area contributed by atoms with Gasteiger partial charge in [-0.25, -0.2) is 0 Å². The Labute approximate surface area is 108 Å². The Hall–Kier alpha value is -1.67. The van der Waals surface area contributed by atoms with Gasteiger partial charge in [0.1, 0.15) is 0 Å². The molecule has 2 heteroatoms. The third-order valence-electron chi connectivity index (χ3n) is 3.85. The maximum Gasteiger partial charge on any atom is 0.0346 e. The summed E-state index contributed by atoms with van der Waals surface area (Å²) in [6.07, 6.45) is 7.79. The fourth-order valence-corrected chi connectivity index (χ4v) is 2.58. The van der Waals surface area contributed by atoms with Crippen molar-refractivity contribution in [2.45, 2.75) is 31.7 Å². The van der Waals surface area contributed by atoms with Crippen molar-refractivity contribution in [1.82, 2.24) is 4.98 Å². The molecule has 1 aromatic heterocycles. The molecule has 92 valence electrons. The summed E-state index contributed by atoms with van der Waals surface area (Å²) < 4.78 is 0. The molecule has 2 aromatic rings. The first-order valence-electron chi connectivity index (χ1n) is 6.62. The number of hydrogen-bond acceptors (Lipinski definition) is 2. The zero-order valence-electron chi connectivity index (χ0n) is 10.5. The fraction of sp³-hybridized carbons (Fsp3) is 0.312. The molecule has 1 aromatic carbocycles. The molecule has 0 radical (unpaired) electrons. The molecule has 0 atom stereocenters. The van der Waals surface area contributed by atoms with Crippen LogP contribution in [0, 0.1) is 0 Å². The zero-order chi connectivity index (χ0) is 12.4. The molecule has 2 N–H and O–H groups in total. The van der Waals surface area contributed by atoms with E-state index < -0.39 is 0 Å². The fourth-order valence-electron chi connectivity index (χ4n) is 2.58. The largest absolute Gasteiger partial charge is 0.326 e. The number of aromatic nitrogens is 1. The van der Waals surface area contributed by atoms with Crippen molar-refractivity contribution in [3.05, 3.63) is 53.9 Å². The topological polar surface area (TPSA) is 38.9 Å². The first-order valence-corrected chi connectivity index (χ1v) is 6.62. The van der Waals surface area contributed by atoms with Gasteiger partial charge < -0.3 is 5.73 Å². The predicted octanol–water partition coefficient (Wildman–Crippen LogP) is 3.47. The lowest BCUT2D eigenvalue weighted by molar-refractivity contribution is 0.420. The molecule has 1 aliphatic carbocycles. The molecule has 1 heterocycles. The van der Waals surface area contributed by atoms with E-state index in [0.717, 1.165) is 11.5 Å². The third kappa shape index (κ3) is 2.04. The van der Waals surface area contributed by atoms with Gasteiger partial charge in [0.25, 0.3) is 0 Å². The van der Waals surface area contributed by atoms with Gasteiger partial charge in [-0.3, -0.25) is 4.98 Å². The number of hydrogen-bond donors (Lipinski definition) is 1. The molecular weight excluding hydrogens is 220 g/mol. The third-order valence-corrected chi connectivity index (χ3v) is 3.85. The van der Waals surface area contributed by atoms with E-state index in [1.807, 2.05) is 12.4 Å². The first kappa shape index (κ1) is 11.4. The average molecular weight is 238 g/mol. The average Bonchev–Trinajstić information content (AvgIpc) is 2.37. The Kier molecular flexibility index (Phi) is 3.11. The molecule has 1 aliphatic rings. The SMILES string of the molecule is NCc1cncc(-c2ccccc2C2CCC2)c1. The van der Waals surface area contributed by atoms with E-state index in [1.54, 1.807) is 0 Å². The molecule has 0 aliphatic heterocycles. The van der Waals surface area contributed by atoms with Crippen molar-refractivity contribution in [2.75, 3.05) is 0 Å². The van der Waals surface area contributed by atoms with Crippen LogP contribution in [0.15, 0.2) is 42.7 Å². The second-order valence-corrected chi connectivity index (χ2v) is 5.00. The molecule has 0 spiro atoms. The van der Waals surface area contributed by atoms with Gasteiger partial charge in [0, 0.05) is 24.5 Å². The van der Waals surface area contributed by atoms with Crippen LogP contribution in [0.1, 0.15) is 36.3 Å². The van der Waals surface area contributed by atoms with Crippen molar-refractivity contribution in [3.8, 4) is 11.1 Å². The van der Waals surface area contributed by atoms with E-state index in [0.29, 0.717) is 6.54 Å². The minimum absolute atomic E-state index is 0.548. The second-order valence-electron chi connectivity index (χ2n) is 5.00. The summed E-state index contributed by atoms with van der Waals surface area (Å²) >= 11 is 0. The van der Waals surface area contributed by atoms with E-state index in [-0.39, 0.29) is 0 Å². The van der Waals surface area contributed by atoms with Crippen LogP contribution in [0.4, 0.5) is 0 Å². The van der Waals surface area contributed by atoms with E-state index >= 15 is 0 Å². The summed E-state index contributed by atoms with van der Waals surface area (Å²) in [5.41, 5.74) is 10.8. The Morgan fingerprint density at radius 1 is 1.17 bits per heavy atom. The van der Waals surface area contributed by atoms with E-state index in [1.165, 1.54) is 36.0 Å². The molecule has 1 fully saturated rings. The Morgan fingerprint density at radius 3 is 2.72 bits per heavy atom. The zero-order valence-corrected chi connectivity index (χ0v) is 10.5. The van der Waals surface area contributed by atoms with Crippen LogP contribution in [0.3, 0.4) is 0 Å². The van der Waals surface area contributed by atoms with Crippen molar-refractivity contribution in [2.24, 2.45) is 5.73 Å². The van der Waals surface area contributed by atoms with Crippen LogP contribution in [-0.2, 0) is 6.54 Å². The standard InChI is InChI=1S/C16H18N2/c17-9-12-8-14(11-18-10-12)16-7-2-1-6-15(16)13-4-3-5-13/h1-2,6-8,10-11,13H,3-5,9,17H2. The van der Waals surface area contributed by atoms with Gasteiger partial charge in [-0.05, 0) is 41.5 Å². The summed E-state index contributed by atoms with van der Waals surface area (Å²) in [6.45, 7) is 0.548. The van der Waals surface area contributed by atoms with Crippen LogP contribution in [0.2, 0.25) is 0 Å². The number of rotatable bonds is 3. The van der Waals surface area contributed by atoms with Gasteiger partial charge in [-0.2, -0.15) is 0 Å². The Bertz CT molecular complexity index is 544. The van der Waals surface area contributed by atoms with Gasteiger partial charge in [-0.1, -0.05) is 30.7 Å². The molecule has 2 nitrogen and oxygen atoms in total.